The van der Waals surface area contributed by atoms with Crippen molar-refractivity contribution in [3.8, 4) is 11.5 Å². The van der Waals surface area contributed by atoms with Crippen molar-refractivity contribution >= 4 is 5.91 Å². The van der Waals surface area contributed by atoms with Crippen molar-refractivity contribution in [1.82, 2.24) is 5.32 Å². The highest BCUT2D eigenvalue weighted by molar-refractivity contribution is 5.94. The van der Waals surface area contributed by atoms with Crippen LogP contribution in [0.1, 0.15) is 28.4 Å². The van der Waals surface area contributed by atoms with E-state index in [2.05, 4.69) is 5.32 Å². The number of hydrogen-bond acceptors (Lipinski definition) is 3. The Balaban J connectivity index is 1.60. The van der Waals surface area contributed by atoms with E-state index in [1.807, 2.05) is 73.7 Å². The molecule has 0 atom stereocenters. The molecular weight excluding hydrogens is 338 g/mol. The van der Waals surface area contributed by atoms with Crippen molar-refractivity contribution in [3.63, 3.8) is 0 Å². The normalized spacial score (nSPS) is 10.3. The first-order chi connectivity index (χ1) is 13.3. The van der Waals surface area contributed by atoms with E-state index in [9.17, 15) is 4.79 Å². The number of para-hydroxylation sites is 1. The van der Waals surface area contributed by atoms with E-state index >= 15 is 0 Å². The lowest BCUT2D eigenvalue weighted by molar-refractivity contribution is 0.0950. The zero-order valence-electron chi connectivity index (χ0n) is 15.4. The van der Waals surface area contributed by atoms with E-state index < -0.39 is 0 Å². The largest absolute Gasteiger partial charge is 0.494 e. The molecule has 3 aromatic carbocycles. The van der Waals surface area contributed by atoms with Crippen molar-refractivity contribution in [2.45, 2.75) is 20.1 Å². The number of amides is 1. The standard InChI is InChI=1S/C23H23NO3/c1-2-26-22-14-7-6-11-20(22)16-24-23(25)19-12-8-13-21(15-19)27-17-18-9-4-3-5-10-18/h3-15H,2,16-17H2,1H3,(H,24,25). The van der Waals surface area contributed by atoms with Crippen molar-refractivity contribution < 1.29 is 14.3 Å². The van der Waals surface area contributed by atoms with Gasteiger partial charge in [-0.1, -0.05) is 54.6 Å². The molecule has 1 amide bonds. The third kappa shape index (κ3) is 5.35. The number of rotatable bonds is 8. The van der Waals surface area contributed by atoms with Crippen molar-refractivity contribution in [2.75, 3.05) is 6.61 Å². The first kappa shape index (κ1) is 18.5. The lowest BCUT2D eigenvalue weighted by Crippen LogP contribution is -2.23. The first-order valence-electron chi connectivity index (χ1n) is 9.02. The Morgan fingerprint density at radius 1 is 0.889 bits per heavy atom. The minimum Gasteiger partial charge on any atom is -0.494 e. The van der Waals surface area contributed by atoms with Crippen LogP contribution in [0.5, 0.6) is 11.5 Å². The minimum atomic E-state index is -0.147. The molecule has 0 aliphatic carbocycles. The molecule has 27 heavy (non-hydrogen) atoms. The van der Waals surface area contributed by atoms with Crippen LogP contribution >= 0.6 is 0 Å². The third-order valence-electron chi connectivity index (χ3n) is 4.06. The van der Waals surface area contributed by atoms with Crippen LogP contribution in [0.15, 0.2) is 78.9 Å². The van der Waals surface area contributed by atoms with Crippen LogP contribution in [-0.2, 0) is 13.2 Å². The van der Waals surface area contributed by atoms with Gasteiger partial charge in [0.05, 0.1) is 6.61 Å². The fraction of sp³-hybridized carbons (Fsp3) is 0.174. The number of ether oxygens (including phenoxy) is 2. The van der Waals surface area contributed by atoms with Crippen LogP contribution in [0.4, 0.5) is 0 Å². The molecule has 138 valence electrons. The number of carbonyl (C=O) groups is 1. The summed E-state index contributed by atoms with van der Waals surface area (Å²) in [4.78, 5) is 12.5. The van der Waals surface area contributed by atoms with E-state index in [4.69, 9.17) is 9.47 Å². The summed E-state index contributed by atoms with van der Waals surface area (Å²) in [7, 11) is 0. The van der Waals surface area contributed by atoms with Gasteiger partial charge in [-0.3, -0.25) is 4.79 Å². The Morgan fingerprint density at radius 3 is 2.48 bits per heavy atom. The monoisotopic (exact) mass is 361 g/mol. The Bertz CT molecular complexity index is 878. The van der Waals surface area contributed by atoms with Gasteiger partial charge >= 0.3 is 0 Å². The molecule has 0 radical (unpaired) electrons. The molecular formula is C23H23NO3. The quantitative estimate of drug-likeness (QED) is 0.638. The molecule has 0 heterocycles. The lowest BCUT2D eigenvalue weighted by Gasteiger charge is -2.12. The molecule has 4 nitrogen and oxygen atoms in total. The van der Waals surface area contributed by atoms with Gasteiger partial charge in [0, 0.05) is 17.7 Å². The van der Waals surface area contributed by atoms with E-state index in [1.54, 1.807) is 12.1 Å². The highest BCUT2D eigenvalue weighted by Gasteiger charge is 2.09. The zero-order chi connectivity index (χ0) is 18.9. The van der Waals surface area contributed by atoms with E-state index in [0.29, 0.717) is 31.1 Å². The second-order valence-corrected chi connectivity index (χ2v) is 6.03. The van der Waals surface area contributed by atoms with Crippen LogP contribution in [0.2, 0.25) is 0 Å². The van der Waals surface area contributed by atoms with E-state index in [1.165, 1.54) is 0 Å². The van der Waals surface area contributed by atoms with Crippen LogP contribution < -0.4 is 14.8 Å². The van der Waals surface area contributed by atoms with E-state index in [-0.39, 0.29) is 5.91 Å². The number of hydrogen-bond donors (Lipinski definition) is 1. The molecule has 3 rings (SSSR count). The Labute approximate surface area is 159 Å². The molecule has 0 bridgehead atoms. The predicted octanol–water partition coefficient (Wildman–Crippen LogP) is 4.59. The summed E-state index contributed by atoms with van der Waals surface area (Å²) in [5.41, 5.74) is 2.60. The van der Waals surface area contributed by atoms with Crippen LogP contribution in [0, 0.1) is 0 Å². The SMILES string of the molecule is CCOc1ccccc1CNC(=O)c1cccc(OCc2ccccc2)c1. The number of nitrogens with one attached hydrogen (secondary N) is 1. The molecule has 0 aliphatic heterocycles. The molecule has 0 fully saturated rings. The predicted molar refractivity (Wildman–Crippen MR) is 106 cm³/mol. The number of carbonyl (C=O) groups excluding carboxylic acids is 1. The average molecular weight is 361 g/mol. The fourth-order valence-corrected chi connectivity index (χ4v) is 2.69. The van der Waals surface area contributed by atoms with Crippen molar-refractivity contribution in [3.05, 3.63) is 95.6 Å². The summed E-state index contributed by atoms with van der Waals surface area (Å²) in [6.45, 7) is 3.40. The highest BCUT2D eigenvalue weighted by atomic mass is 16.5. The molecule has 0 saturated heterocycles. The molecule has 3 aromatic rings. The summed E-state index contributed by atoms with van der Waals surface area (Å²) >= 11 is 0. The molecule has 0 aliphatic rings. The summed E-state index contributed by atoms with van der Waals surface area (Å²) < 4.78 is 11.4. The Hall–Kier alpha value is -3.27. The van der Waals surface area contributed by atoms with Crippen molar-refractivity contribution in [2.24, 2.45) is 0 Å². The van der Waals surface area contributed by atoms with Gasteiger partial charge in [-0.2, -0.15) is 0 Å². The van der Waals surface area contributed by atoms with Crippen molar-refractivity contribution in [1.29, 1.82) is 0 Å². The molecule has 1 N–H and O–H groups in total. The maximum Gasteiger partial charge on any atom is 0.251 e. The van der Waals surface area contributed by atoms with Crippen LogP contribution in [-0.4, -0.2) is 12.5 Å². The second kappa shape index (κ2) is 9.43. The van der Waals surface area contributed by atoms with E-state index in [0.717, 1.165) is 16.9 Å². The number of benzene rings is 3. The fourth-order valence-electron chi connectivity index (χ4n) is 2.69. The summed E-state index contributed by atoms with van der Waals surface area (Å²) in [5, 5.41) is 2.94. The maximum absolute atomic E-state index is 12.5. The Kier molecular flexibility index (Phi) is 6.47. The third-order valence-corrected chi connectivity index (χ3v) is 4.06. The topological polar surface area (TPSA) is 47.6 Å². The average Bonchev–Trinajstić information content (AvgIpc) is 2.72. The molecule has 0 saturated carbocycles. The zero-order valence-corrected chi connectivity index (χ0v) is 15.4. The van der Waals surface area contributed by atoms with Gasteiger partial charge in [0.25, 0.3) is 5.91 Å². The van der Waals surface area contributed by atoms with Gasteiger partial charge in [-0.15, -0.1) is 0 Å². The van der Waals surface area contributed by atoms with Gasteiger partial charge in [0.15, 0.2) is 0 Å². The maximum atomic E-state index is 12.5. The second-order valence-electron chi connectivity index (χ2n) is 6.03. The highest BCUT2D eigenvalue weighted by Crippen LogP contribution is 2.19. The van der Waals surface area contributed by atoms with Gasteiger partial charge in [-0.05, 0) is 36.8 Å². The molecule has 0 unspecified atom stereocenters. The molecule has 0 aromatic heterocycles. The summed E-state index contributed by atoms with van der Waals surface area (Å²) in [6, 6.07) is 24.8. The Morgan fingerprint density at radius 2 is 1.67 bits per heavy atom. The summed E-state index contributed by atoms with van der Waals surface area (Å²) in [5.74, 6) is 1.31. The van der Waals surface area contributed by atoms with Crippen LogP contribution in [0.25, 0.3) is 0 Å². The summed E-state index contributed by atoms with van der Waals surface area (Å²) in [6.07, 6.45) is 0. The van der Waals surface area contributed by atoms with Crippen LogP contribution in [0.3, 0.4) is 0 Å². The molecule has 4 heteroatoms. The minimum absolute atomic E-state index is 0.147. The van der Waals surface area contributed by atoms with Gasteiger partial charge in [-0.25, -0.2) is 0 Å². The lowest BCUT2D eigenvalue weighted by atomic mass is 10.1. The van der Waals surface area contributed by atoms with Gasteiger partial charge in [0.2, 0.25) is 0 Å². The smallest absolute Gasteiger partial charge is 0.251 e. The first-order valence-corrected chi connectivity index (χ1v) is 9.02. The molecule has 0 spiro atoms. The van der Waals surface area contributed by atoms with Gasteiger partial charge in [0.1, 0.15) is 18.1 Å². The van der Waals surface area contributed by atoms with Gasteiger partial charge < -0.3 is 14.8 Å².